The highest BCUT2D eigenvalue weighted by molar-refractivity contribution is 7.11. The van der Waals surface area contributed by atoms with E-state index in [0.29, 0.717) is 0 Å². The highest BCUT2D eigenvalue weighted by atomic mass is 32.1. The van der Waals surface area contributed by atoms with Gasteiger partial charge in [0.15, 0.2) is 0 Å². The Kier molecular flexibility index (Phi) is 4.28. The topological polar surface area (TPSA) is 42.7 Å². The van der Waals surface area contributed by atoms with E-state index in [9.17, 15) is 0 Å². The molecule has 0 atom stereocenters. The lowest BCUT2D eigenvalue weighted by Gasteiger charge is -2.06. The minimum absolute atomic E-state index is 0.825. The minimum Gasteiger partial charge on any atom is -0.326 e. The van der Waals surface area contributed by atoms with Crippen LogP contribution < -0.4 is 5.32 Å². The lowest BCUT2D eigenvalue weighted by molar-refractivity contribution is 0.655. The first kappa shape index (κ1) is 12.3. The van der Waals surface area contributed by atoms with E-state index in [-0.39, 0.29) is 0 Å². The molecule has 0 bridgehead atoms. The van der Waals surface area contributed by atoms with Crippen molar-refractivity contribution in [2.75, 3.05) is 6.54 Å². The van der Waals surface area contributed by atoms with Gasteiger partial charge in [0.05, 0.1) is 18.6 Å². The van der Waals surface area contributed by atoms with E-state index in [2.05, 4.69) is 33.7 Å². The van der Waals surface area contributed by atoms with E-state index in [0.717, 1.165) is 31.1 Å². The molecule has 1 N–H and O–H groups in total. The number of imidazole rings is 1. The molecule has 0 saturated heterocycles. The molecular weight excluding hydrogens is 232 g/mol. The average molecular weight is 250 g/mol. The summed E-state index contributed by atoms with van der Waals surface area (Å²) in [5.41, 5.74) is 1.21. The van der Waals surface area contributed by atoms with Gasteiger partial charge in [0.1, 0.15) is 5.01 Å². The summed E-state index contributed by atoms with van der Waals surface area (Å²) in [6.07, 6.45) is 6.82. The Balaban J connectivity index is 2.04. The lowest BCUT2D eigenvalue weighted by atomic mass is 10.4. The molecule has 0 aliphatic rings. The van der Waals surface area contributed by atoms with Gasteiger partial charge in [-0.15, -0.1) is 11.3 Å². The second kappa shape index (κ2) is 5.93. The van der Waals surface area contributed by atoms with Crippen molar-refractivity contribution in [2.24, 2.45) is 0 Å². The average Bonchev–Trinajstić information content (AvgIpc) is 2.96. The summed E-state index contributed by atoms with van der Waals surface area (Å²) in [4.78, 5) is 9.97. The largest absolute Gasteiger partial charge is 0.326 e. The predicted octanol–water partition coefficient (Wildman–Crippen LogP) is 2.06. The molecule has 0 fully saturated rings. The highest BCUT2D eigenvalue weighted by Crippen LogP contribution is 2.15. The normalized spacial score (nSPS) is 10.9. The number of aryl methyl sites for hydroxylation is 1. The van der Waals surface area contributed by atoms with Gasteiger partial charge in [-0.2, -0.15) is 0 Å². The van der Waals surface area contributed by atoms with Crippen LogP contribution in [0, 0.1) is 0 Å². The summed E-state index contributed by atoms with van der Waals surface area (Å²) in [6.45, 7) is 6.93. The summed E-state index contributed by atoms with van der Waals surface area (Å²) in [7, 11) is 0. The third-order valence-corrected chi connectivity index (χ3v) is 3.74. The van der Waals surface area contributed by atoms with E-state index in [1.54, 1.807) is 11.3 Å². The third kappa shape index (κ3) is 3.14. The monoisotopic (exact) mass is 250 g/mol. The zero-order valence-electron chi connectivity index (χ0n) is 10.3. The molecule has 2 aromatic rings. The summed E-state index contributed by atoms with van der Waals surface area (Å²) in [6, 6.07) is 0. The van der Waals surface area contributed by atoms with E-state index in [4.69, 9.17) is 0 Å². The fourth-order valence-electron chi connectivity index (χ4n) is 1.62. The summed E-state index contributed by atoms with van der Waals surface area (Å²) < 4.78 is 2.15. The number of aromatic nitrogens is 3. The van der Waals surface area contributed by atoms with Crippen molar-refractivity contribution in [1.82, 2.24) is 19.9 Å². The van der Waals surface area contributed by atoms with E-state index in [1.807, 2.05) is 18.7 Å². The second-order valence-corrected chi connectivity index (χ2v) is 5.07. The van der Waals surface area contributed by atoms with Gasteiger partial charge in [0, 0.05) is 23.8 Å². The molecule has 0 aromatic carbocycles. The quantitative estimate of drug-likeness (QED) is 0.853. The zero-order chi connectivity index (χ0) is 12.1. The van der Waals surface area contributed by atoms with E-state index in [1.165, 1.54) is 10.6 Å². The Hall–Kier alpha value is -1.20. The summed E-state index contributed by atoms with van der Waals surface area (Å²) >= 11 is 1.78. The molecule has 17 heavy (non-hydrogen) atoms. The smallest absolute Gasteiger partial charge is 0.113 e. The van der Waals surface area contributed by atoms with Gasteiger partial charge in [-0.1, -0.05) is 13.8 Å². The van der Waals surface area contributed by atoms with Crippen LogP contribution in [0.15, 0.2) is 18.7 Å². The lowest BCUT2D eigenvalue weighted by Crippen LogP contribution is -2.15. The van der Waals surface area contributed by atoms with Crippen molar-refractivity contribution >= 4 is 11.3 Å². The maximum atomic E-state index is 4.43. The first-order valence-electron chi connectivity index (χ1n) is 5.96. The summed E-state index contributed by atoms with van der Waals surface area (Å²) in [5.74, 6) is 0. The minimum atomic E-state index is 0.825. The molecule has 5 heteroatoms. The molecule has 92 valence electrons. The molecule has 0 saturated carbocycles. The standard InChI is InChI=1S/C12H18N4S/c1-3-11-7-15-12(17-11)8-16-9-14-6-10(16)5-13-4-2/h6-7,9,13H,3-5,8H2,1-2H3. The van der Waals surface area contributed by atoms with Gasteiger partial charge >= 0.3 is 0 Å². The number of nitrogens with one attached hydrogen (secondary N) is 1. The third-order valence-electron chi connectivity index (χ3n) is 2.61. The fraction of sp³-hybridized carbons (Fsp3) is 0.500. The zero-order valence-corrected chi connectivity index (χ0v) is 11.1. The second-order valence-electron chi connectivity index (χ2n) is 3.87. The molecule has 0 aliphatic heterocycles. The maximum absolute atomic E-state index is 4.43. The van der Waals surface area contributed by atoms with Gasteiger partial charge < -0.3 is 9.88 Å². The van der Waals surface area contributed by atoms with Crippen LogP contribution >= 0.6 is 11.3 Å². The molecule has 2 heterocycles. The maximum Gasteiger partial charge on any atom is 0.113 e. The fourth-order valence-corrected chi connectivity index (χ4v) is 2.48. The van der Waals surface area contributed by atoms with Crippen LogP contribution in [-0.2, 0) is 19.5 Å². The Morgan fingerprint density at radius 1 is 1.35 bits per heavy atom. The Bertz CT molecular complexity index is 461. The van der Waals surface area contributed by atoms with Gasteiger partial charge in [-0.25, -0.2) is 9.97 Å². The van der Waals surface area contributed by atoms with Crippen LogP contribution in [-0.4, -0.2) is 21.1 Å². The van der Waals surface area contributed by atoms with Crippen molar-refractivity contribution < 1.29 is 0 Å². The molecule has 0 amide bonds. The van der Waals surface area contributed by atoms with E-state index >= 15 is 0 Å². The van der Waals surface area contributed by atoms with Gasteiger partial charge in [0.2, 0.25) is 0 Å². The molecule has 0 radical (unpaired) electrons. The summed E-state index contributed by atoms with van der Waals surface area (Å²) in [5, 5.41) is 4.47. The van der Waals surface area contributed by atoms with Crippen molar-refractivity contribution in [3.05, 3.63) is 34.3 Å². The molecule has 4 nitrogen and oxygen atoms in total. The van der Waals surface area contributed by atoms with Gasteiger partial charge in [-0.05, 0) is 13.0 Å². The number of rotatable bonds is 6. The number of hydrogen-bond acceptors (Lipinski definition) is 4. The molecule has 0 aliphatic carbocycles. The predicted molar refractivity (Wildman–Crippen MR) is 70.2 cm³/mol. The van der Waals surface area contributed by atoms with Crippen LogP contribution in [0.5, 0.6) is 0 Å². The Morgan fingerprint density at radius 3 is 2.94 bits per heavy atom. The molecule has 2 rings (SSSR count). The van der Waals surface area contributed by atoms with Gasteiger partial charge in [-0.3, -0.25) is 0 Å². The van der Waals surface area contributed by atoms with Crippen molar-refractivity contribution in [3.63, 3.8) is 0 Å². The molecular formula is C12H18N4S. The highest BCUT2D eigenvalue weighted by Gasteiger charge is 2.05. The number of thiazole rings is 1. The Morgan fingerprint density at radius 2 is 2.24 bits per heavy atom. The molecule has 0 spiro atoms. The van der Waals surface area contributed by atoms with Crippen LogP contribution in [0.1, 0.15) is 29.4 Å². The molecule has 0 unspecified atom stereocenters. The number of nitrogens with zero attached hydrogens (tertiary/aromatic N) is 3. The Labute approximate surface area is 106 Å². The van der Waals surface area contributed by atoms with Crippen LogP contribution in [0.25, 0.3) is 0 Å². The van der Waals surface area contributed by atoms with Crippen LogP contribution in [0.2, 0.25) is 0 Å². The van der Waals surface area contributed by atoms with E-state index < -0.39 is 0 Å². The number of hydrogen-bond donors (Lipinski definition) is 1. The van der Waals surface area contributed by atoms with Crippen molar-refractivity contribution in [2.45, 2.75) is 33.4 Å². The van der Waals surface area contributed by atoms with Crippen LogP contribution in [0.3, 0.4) is 0 Å². The molecule has 2 aromatic heterocycles. The van der Waals surface area contributed by atoms with Crippen molar-refractivity contribution in [1.29, 1.82) is 0 Å². The first-order chi connectivity index (χ1) is 8.33. The van der Waals surface area contributed by atoms with Gasteiger partial charge in [0.25, 0.3) is 0 Å². The SMILES string of the molecule is CCNCc1cncn1Cc1ncc(CC)s1. The van der Waals surface area contributed by atoms with Crippen LogP contribution in [0.4, 0.5) is 0 Å². The van der Waals surface area contributed by atoms with Crippen molar-refractivity contribution in [3.8, 4) is 0 Å². The first-order valence-corrected chi connectivity index (χ1v) is 6.78.